The predicted molar refractivity (Wildman–Crippen MR) is 122 cm³/mol. The maximum Gasteiger partial charge on any atom is 0.225 e. The van der Waals surface area contributed by atoms with E-state index >= 15 is 0 Å². The molecule has 1 aliphatic rings. The van der Waals surface area contributed by atoms with Crippen LogP contribution in [-0.4, -0.2) is 46.4 Å². The number of aromatic hydroxyl groups is 2. The van der Waals surface area contributed by atoms with E-state index in [0.717, 1.165) is 43.9 Å². The zero-order chi connectivity index (χ0) is 22.2. The van der Waals surface area contributed by atoms with Crippen LogP contribution in [0.5, 0.6) is 11.5 Å². The van der Waals surface area contributed by atoms with E-state index in [-0.39, 0.29) is 22.5 Å². The molecule has 0 aliphatic carbocycles. The first-order chi connectivity index (χ1) is 15.5. The fourth-order valence-corrected chi connectivity index (χ4v) is 3.99. The highest BCUT2D eigenvalue weighted by atomic mass is 16.3. The van der Waals surface area contributed by atoms with Crippen molar-refractivity contribution in [3.05, 3.63) is 65.1 Å². The molecule has 0 saturated carbocycles. The minimum Gasteiger partial charge on any atom is -0.508 e. The number of hydrogen-bond donors (Lipinski definition) is 3. The first-order valence-corrected chi connectivity index (χ1v) is 10.2. The molecule has 4 N–H and O–H groups in total. The highest BCUT2D eigenvalue weighted by molar-refractivity contribution is 5.86. The lowest BCUT2D eigenvalue weighted by molar-refractivity contribution is 0.452. The van der Waals surface area contributed by atoms with Crippen molar-refractivity contribution in [3.8, 4) is 22.8 Å². The summed E-state index contributed by atoms with van der Waals surface area (Å²) in [6.07, 6.45) is 3.47. The Morgan fingerprint density at radius 2 is 1.66 bits per heavy atom. The van der Waals surface area contributed by atoms with Crippen LogP contribution in [-0.2, 0) is 0 Å². The largest absolute Gasteiger partial charge is 0.508 e. The molecular formula is C23H21N5O4. The average Bonchev–Trinajstić information content (AvgIpc) is 2.79. The van der Waals surface area contributed by atoms with E-state index in [0.29, 0.717) is 17.0 Å². The van der Waals surface area contributed by atoms with Crippen molar-refractivity contribution in [1.82, 2.24) is 9.97 Å². The van der Waals surface area contributed by atoms with Crippen LogP contribution >= 0.6 is 0 Å². The summed E-state index contributed by atoms with van der Waals surface area (Å²) < 4.78 is 5.78. The molecule has 1 aliphatic heterocycles. The van der Waals surface area contributed by atoms with Crippen molar-refractivity contribution in [2.45, 2.75) is 0 Å². The lowest BCUT2D eigenvalue weighted by Gasteiger charge is -2.36. The Hall–Kier alpha value is -4.27. The summed E-state index contributed by atoms with van der Waals surface area (Å²) in [5.74, 6) is 0.510. The number of nitrogen functional groups attached to an aromatic ring is 1. The first-order valence-electron chi connectivity index (χ1n) is 10.2. The number of fused-ring (bicyclic) bond motifs is 1. The van der Waals surface area contributed by atoms with E-state index in [1.807, 2.05) is 12.1 Å². The van der Waals surface area contributed by atoms with Gasteiger partial charge in [-0.3, -0.25) is 4.79 Å². The van der Waals surface area contributed by atoms with E-state index in [1.165, 1.54) is 12.1 Å². The molecule has 0 bridgehead atoms. The lowest BCUT2D eigenvalue weighted by atomic mass is 10.1. The number of rotatable bonds is 3. The Bertz CT molecular complexity index is 1350. The number of anilines is 3. The van der Waals surface area contributed by atoms with Crippen molar-refractivity contribution in [2.75, 3.05) is 41.7 Å². The van der Waals surface area contributed by atoms with Crippen LogP contribution in [0, 0.1) is 0 Å². The van der Waals surface area contributed by atoms with Crippen LogP contribution in [0.15, 0.2) is 64.1 Å². The molecule has 32 heavy (non-hydrogen) atoms. The van der Waals surface area contributed by atoms with Crippen molar-refractivity contribution < 1.29 is 14.6 Å². The molecule has 0 amide bonds. The van der Waals surface area contributed by atoms with E-state index in [2.05, 4.69) is 19.8 Å². The van der Waals surface area contributed by atoms with Gasteiger partial charge in [-0.15, -0.1) is 0 Å². The number of benzene rings is 2. The Kier molecular flexibility index (Phi) is 4.78. The van der Waals surface area contributed by atoms with Gasteiger partial charge in [-0.1, -0.05) is 0 Å². The van der Waals surface area contributed by atoms with Gasteiger partial charge in [-0.25, -0.2) is 9.97 Å². The summed E-state index contributed by atoms with van der Waals surface area (Å²) in [4.78, 5) is 25.4. The summed E-state index contributed by atoms with van der Waals surface area (Å²) in [7, 11) is 0. The van der Waals surface area contributed by atoms with Crippen molar-refractivity contribution in [2.24, 2.45) is 0 Å². The number of nitrogens with two attached hydrogens (primary N) is 1. The van der Waals surface area contributed by atoms with Gasteiger partial charge in [-0.2, -0.15) is 0 Å². The molecule has 162 valence electrons. The number of piperazine rings is 1. The normalized spacial score (nSPS) is 14.1. The molecule has 5 rings (SSSR count). The molecule has 3 heterocycles. The smallest absolute Gasteiger partial charge is 0.225 e. The highest BCUT2D eigenvalue weighted by Crippen LogP contribution is 2.33. The van der Waals surface area contributed by atoms with E-state index < -0.39 is 5.43 Å². The molecule has 2 aromatic heterocycles. The van der Waals surface area contributed by atoms with E-state index in [1.54, 1.807) is 24.5 Å². The summed E-state index contributed by atoms with van der Waals surface area (Å²) in [5, 5.41) is 19.7. The van der Waals surface area contributed by atoms with Gasteiger partial charge in [0.05, 0.1) is 11.4 Å². The summed E-state index contributed by atoms with van der Waals surface area (Å²) in [6, 6.07) is 11.0. The van der Waals surface area contributed by atoms with Crippen LogP contribution in [0.1, 0.15) is 0 Å². The monoisotopic (exact) mass is 431 g/mol. The molecule has 1 fully saturated rings. The molecule has 2 aromatic carbocycles. The number of phenols is 2. The molecule has 0 atom stereocenters. The molecular weight excluding hydrogens is 410 g/mol. The fourth-order valence-electron chi connectivity index (χ4n) is 3.99. The highest BCUT2D eigenvalue weighted by Gasteiger charge is 2.21. The van der Waals surface area contributed by atoms with Gasteiger partial charge in [0.2, 0.25) is 5.95 Å². The first kappa shape index (κ1) is 19.7. The topological polar surface area (TPSA) is 129 Å². The second kappa shape index (κ2) is 7.77. The maximum absolute atomic E-state index is 12.5. The van der Waals surface area contributed by atoms with Crippen molar-refractivity contribution in [3.63, 3.8) is 0 Å². The van der Waals surface area contributed by atoms with E-state index in [4.69, 9.17) is 10.2 Å². The Labute approximate surface area is 183 Å². The van der Waals surface area contributed by atoms with Gasteiger partial charge in [0, 0.05) is 62.3 Å². The molecule has 0 spiro atoms. The summed E-state index contributed by atoms with van der Waals surface area (Å²) in [6.45, 7) is 3.09. The predicted octanol–water partition coefficient (Wildman–Crippen LogP) is 2.57. The van der Waals surface area contributed by atoms with Gasteiger partial charge in [-0.05, 0) is 24.3 Å². The third-order valence-electron chi connectivity index (χ3n) is 5.56. The van der Waals surface area contributed by atoms with E-state index in [9.17, 15) is 15.0 Å². The minimum absolute atomic E-state index is 0.0245. The minimum atomic E-state index is -0.402. The zero-order valence-electron chi connectivity index (χ0n) is 17.1. The lowest BCUT2D eigenvalue weighted by Crippen LogP contribution is -2.47. The van der Waals surface area contributed by atoms with Crippen molar-refractivity contribution >= 4 is 28.3 Å². The number of nitrogens with zero attached hydrogens (tertiary/aromatic N) is 4. The number of phenolic OH excluding ortho intramolecular Hbond substituents is 2. The quantitative estimate of drug-likeness (QED) is 0.419. The van der Waals surface area contributed by atoms with Crippen LogP contribution in [0.3, 0.4) is 0 Å². The second-order valence-electron chi connectivity index (χ2n) is 7.61. The Morgan fingerprint density at radius 1 is 0.938 bits per heavy atom. The van der Waals surface area contributed by atoms with Crippen LogP contribution in [0.4, 0.5) is 17.3 Å². The van der Waals surface area contributed by atoms with Crippen LogP contribution < -0.4 is 21.0 Å². The summed E-state index contributed by atoms with van der Waals surface area (Å²) in [5.41, 5.74) is 8.15. The third kappa shape index (κ3) is 3.53. The molecule has 4 aromatic rings. The Morgan fingerprint density at radius 3 is 2.38 bits per heavy atom. The summed E-state index contributed by atoms with van der Waals surface area (Å²) >= 11 is 0. The number of aromatic nitrogens is 2. The van der Waals surface area contributed by atoms with Gasteiger partial charge in [0.25, 0.3) is 0 Å². The van der Waals surface area contributed by atoms with Gasteiger partial charge in [0.15, 0.2) is 5.43 Å². The molecule has 0 unspecified atom stereocenters. The zero-order valence-corrected chi connectivity index (χ0v) is 17.1. The second-order valence-corrected chi connectivity index (χ2v) is 7.61. The average molecular weight is 431 g/mol. The van der Waals surface area contributed by atoms with Gasteiger partial charge >= 0.3 is 0 Å². The Balaban J connectivity index is 1.40. The maximum atomic E-state index is 12.5. The molecule has 1 saturated heterocycles. The van der Waals surface area contributed by atoms with Crippen molar-refractivity contribution in [1.29, 1.82) is 0 Å². The van der Waals surface area contributed by atoms with Crippen LogP contribution in [0.25, 0.3) is 22.3 Å². The third-order valence-corrected chi connectivity index (χ3v) is 5.56. The SMILES string of the molecule is Nc1cc(-c2cc(=O)c3c(O)cc(O)cc3o2)ccc1N1CCN(c2ncccn2)CC1. The standard InChI is InChI=1S/C23H21N5O4/c24-16-10-14(20-13-19(31)22-18(30)11-15(29)12-21(22)32-20)2-3-17(16)27-6-8-28(9-7-27)23-25-4-1-5-26-23/h1-5,10-13,29-30H,6-9,24H2. The molecule has 0 radical (unpaired) electrons. The van der Waals surface area contributed by atoms with Crippen LogP contribution in [0.2, 0.25) is 0 Å². The molecule has 9 nitrogen and oxygen atoms in total. The van der Waals surface area contributed by atoms with Gasteiger partial charge in [0.1, 0.15) is 28.2 Å². The fraction of sp³-hybridized carbons (Fsp3) is 0.174. The number of hydrogen-bond acceptors (Lipinski definition) is 9. The van der Waals surface area contributed by atoms with Gasteiger partial charge < -0.3 is 30.2 Å². The molecule has 9 heteroatoms.